The summed E-state index contributed by atoms with van der Waals surface area (Å²) in [4.78, 5) is 31.5. The predicted molar refractivity (Wildman–Crippen MR) is 114 cm³/mol. The van der Waals surface area contributed by atoms with Crippen LogP contribution in [-0.2, 0) is 4.79 Å². The Morgan fingerprint density at radius 2 is 1.68 bits per heavy atom. The van der Waals surface area contributed by atoms with Crippen molar-refractivity contribution in [3.8, 4) is 0 Å². The lowest BCUT2D eigenvalue weighted by atomic mass is 10.0. The summed E-state index contributed by atoms with van der Waals surface area (Å²) < 4.78 is 26.5. The first-order valence-electron chi connectivity index (χ1n) is 9.47. The highest BCUT2D eigenvalue weighted by Gasteiger charge is 2.30. The van der Waals surface area contributed by atoms with Gasteiger partial charge in [0.25, 0.3) is 5.91 Å². The van der Waals surface area contributed by atoms with Crippen LogP contribution in [0.3, 0.4) is 0 Å². The summed E-state index contributed by atoms with van der Waals surface area (Å²) in [6, 6.07) is 18.8. The molecule has 3 aromatic carbocycles. The van der Waals surface area contributed by atoms with E-state index in [9.17, 15) is 18.4 Å². The van der Waals surface area contributed by atoms with Crippen molar-refractivity contribution in [3.63, 3.8) is 0 Å². The van der Waals surface area contributed by atoms with E-state index in [1.807, 2.05) is 48.5 Å². The fourth-order valence-electron chi connectivity index (χ4n) is 3.31. The number of carbonyl (C=O) groups is 2. The van der Waals surface area contributed by atoms with Crippen LogP contribution in [0.25, 0.3) is 0 Å². The molecule has 3 amide bonds. The quantitative estimate of drug-likeness (QED) is 0.674. The first kappa shape index (κ1) is 20.2. The van der Waals surface area contributed by atoms with Gasteiger partial charge in [0.2, 0.25) is 6.17 Å². The van der Waals surface area contributed by atoms with Gasteiger partial charge < -0.3 is 15.5 Å². The second-order valence-corrected chi connectivity index (χ2v) is 6.89. The topological polar surface area (TPSA) is 73.8 Å². The third-order valence-corrected chi connectivity index (χ3v) is 4.84. The molecule has 3 aromatic rings. The number of benzene rings is 3. The molecule has 0 saturated heterocycles. The summed E-state index contributed by atoms with van der Waals surface area (Å²) >= 11 is 0. The van der Waals surface area contributed by atoms with Crippen LogP contribution in [-0.4, -0.2) is 30.9 Å². The largest absolute Gasteiger partial charge is 0.321 e. The van der Waals surface area contributed by atoms with E-state index in [1.165, 1.54) is 11.0 Å². The van der Waals surface area contributed by atoms with E-state index in [0.29, 0.717) is 11.4 Å². The molecule has 0 bridgehead atoms. The van der Waals surface area contributed by atoms with Crippen molar-refractivity contribution >= 4 is 29.0 Å². The maximum absolute atomic E-state index is 13.4. The van der Waals surface area contributed by atoms with Gasteiger partial charge in [0.1, 0.15) is 0 Å². The molecule has 0 radical (unpaired) electrons. The summed E-state index contributed by atoms with van der Waals surface area (Å²) in [6.07, 6.45) is -1.22. The van der Waals surface area contributed by atoms with Gasteiger partial charge in [-0.25, -0.2) is 18.6 Å². The molecule has 156 valence electrons. The number of halogens is 2. The number of rotatable bonds is 3. The summed E-state index contributed by atoms with van der Waals surface area (Å²) in [5.41, 5.74) is 2.77. The van der Waals surface area contributed by atoms with Crippen LogP contribution in [0.2, 0.25) is 0 Å². The zero-order valence-electron chi connectivity index (χ0n) is 16.5. The zero-order chi connectivity index (χ0) is 22.0. The van der Waals surface area contributed by atoms with E-state index in [4.69, 9.17) is 0 Å². The molecule has 0 saturated carbocycles. The normalized spacial score (nSPS) is 15.6. The summed E-state index contributed by atoms with van der Waals surface area (Å²) in [5, 5.41) is 4.90. The van der Waals surface area contributed by atoms with Crippen LogP contribution in [0.1, 0.15) is 11.1 Å². The Bertz CT molecular complexity index is 1180. The number of fused-ring (bicyclic) bond motifs is 1. The van der Waals surface area contributed by atoms with Crippen LogP contribution in [0.5, 0.6) is 0 Å². The highest BCUT2D eigenvalue weighted by molar-refractivity contribution is 6.20. The molecule has 31 heavy (non-hydrogen) atoms. The molecular formula is C23H18F2N4O2. The number of nitrogens with one attached hydrogen (secondary N) is 2. The number of amides is 3. The van der Waals surface area contributed by atoms with E-state index < -0.39 is 29.7 Å². The lowest BCUT2D eigenvalue weighted by Gasteiger charge is -2.21. The summed E-state index contributed by atoms with van der Waals surface area (Å²) in [5.74, 6) is -2.57. The van der Waals surface area contributed by atoms with Gasteiger partial charge in [-0.15, -0.1) is 0 Å². The monoisotopic (exact) mass is 420 g/mol. The van der Waals surface area contributed by atoms with Gasteiger partial charge in [0.05, 0.1) is 11.4 Å². The van der Waals surface area contributed by atoms with E-state index in [2.05, 4.69) is 15.6 Å². The molecule has 0 fully saturated rings. The van der Waals surface area contributed by atoms with Gasteiger partial charge in [-0.05, 0) is 18.2 Å². The first-order valence-corrected chi connectivity index (χ1v) is 9.47. The lowest BCUT2D eigenvalue weighted by molar-refractivity contribution is -0.119. The highest BCUT2D eigenvalue weighted by Crippen LogP contribution is 2.27. The molecular weight excluding hydrogens is 402 g/mol. The van der Waals surface area contributed by atoms with Crippen molar-refractivity contribution in [1.82, 2.24) is 5.32 Å². The van der Waals surface area contributed by atoms with Crippen molar-refractivity contribution < 1.29 is 18.4 Å². The first-order chi connectivity index (χ1) is 14.9. The Balaban J connectivity index is 1.67. The fraction of sp³-hybridized carbons (Fsp3) is 0.0870. The molecule has 8 heteroatoms. The molecule has 1 heterocycles. The van der Waals surface area contributed by atoms with Crippen LogP contribution in [0.4, 0.5) is 25.0 Å². The summed E-state index contributed by atoms with van der Waals surface area (Å²) in [6.45, 7) is 0. The van der Waals surface area contributed by atoms with Crippen molar-refractivity contribution in [3.05, 3.63) is 95.6 Å². The van der Waals surface area contributed by atoms with Crippen molar-refractivity contribution in [1.29, 1.82) is 0 Å². The fourth-order valence-corrected chi connectivity index (χ4v) is 3.31. The van der Waals surface area contributed by atoms with E-state index in [0.717, 1.165) is 23.3 Å². The maximum atomic E-state index is 13.4. The Morgan fingerprint density at radius 3 is 2.42 bits per heavy atom. The van der Waals surface area contributed by atoms with Crippen LogP contribution < -0.4 is 15.5 Å². The van der Waals surface area contributed by atoms with Gasteiger partial charge in [0.15, 0.2) is 11.6 Å². The maximum Gasteiger partial charge on any atom is 0.321 e. The van der Waals surface area contributed by atoms with Gasteiger partial charge in [-0.1, -0.05) is 48.5 Å². The number of aliphatic imine (C=N–C) groups is 1. The van der Waals surface area contributed by atoms with Crippen molar-refractivity contribution in [2.75, 3.05) is 17.3 Å². The van der Waals surface area contributed by atoms with Crippen LogP contribution >= 0.6 is 0 Å². The number of carbonyl (C=O) groups excluding carboxylic acids is 2. The SMILES string of the molecule is CN1C(=O)[C@H](NC(=O)Nc2ccc(F)c(F)c2)N=C(c2ccccc2)c2ccccc21. The average molecular weight is 420 g/mol. The molecule has 0 unspecified atom stereocenters. The number of urea groups is 1. The van der Waals surface area contributed by atoms with Crippen molar-refractivity contribution in [2.24, 2.45) is 4.99 Å². The average Bonchev–Trinajstić information content (AvgIpc) is 2.88. The third-order valence-electron chi connectivity index (χ3n) is 4.84. The van der Waals surface area contributed by atoms with Gasteiger partial charge in [-0.2, -0.15) is 0 Å². The standard InChI is InChI=1S/C23H18F2N4O2/c1-29-19-10-6-5-9-16(19)20(14-7-3-2-4-8-14)27-21(22(29)30)28-23(31)26-15-11-12-17(24)18(25)13-15/h2-13,21H,1H3,(H2,26,28,31)/t21-/m0/s1. The Labute approximate surface area is 177 Å². The van der Waals surface area contributed by atoms with Gasteiger partial charge >= 0.3 is 6.03 Å². The van der Waals surface area contributed by atoms with Gasteiger partial charge in [0, 0.05) is 29.9 Å². The van der Waals surface area contributed by atoms with Crippen LogP contribution in [0, 0.1) is 11.6 Å². The molecule has 0 aliphatic carbocycles. The number of anilines is 2. The number of benzodiazepines with no additional fused rings is 1. The van der Waals surface area contributed by atoms with Gasteiger partial charge in [-0.3, -0.25) is 4.79 Å². The lowest BCUT2D eigenvalue weighted by Crippen LogP contribution is -2.47. The minimum atomic E-state index is -1.22. The minimum Gasteiger partial charge on any atom is -0.311 e. The number of hydrogen-bond acceptors (Lipinski definition) is 3. The second-order valence-electron chi connectivity index (χ2n) is 6.89. The number of hydrogen-bond donors (Lipinski definition) is 2. The number of nitrogens with zero attached hydrogens (tertiary/aromatic N) is 2. The molecule has 6 nitrogen and oxygen atoms in total. The molecule has 0 aromatic heterocycles. The number of likely N-dealkylation sites (N-methyl/N-ethyl adjacent to an activating group) is 1. The van der Waals surface area contributed by atoms with Crippen molar-refractivity contribution in [2.45, 2.75) is 6.17 Å². The molecule has 0 spiro atoms. The smallest absolute Gasteiger partial charge is 0.311 e. The minimum absolute atomic E-state index is 0.0429. The highest BCUT2D eigenvalue weighted by atomic mass is 19.2. The predicted octanol–water partition coefficient (Wildman–Crippen LogP) is 3.93. The molecule has 1 atom stereocenters. The van der Waals surface area contributed by atoms with Crippen LogP contribution in [0.15, 0.2) is 77.8 Å². The van der Waals surface area contributed by atoms with E-state index in [-0.39, 0.29) is 5.69 Å². The number of para-hydroxylation sites is 1. The Kier molecular flexibility index (Phi) is 5.44. The molecule has 1 aliphatic rings. The third kappa shape index (κ3) is 4.13. The van der Waals surface area contributed by atoms with E-state index in [1.54, 1.807) is 13.1 Å². The Hall–Kier alpha value is -4.07. The second kappa shape index (κ2) is 8.35. The molecule has 2 N–H and O–H groups in total. The zero-order valence-corrected chi connectivity index (χ0v) is 16.5. The Morgan fingerprint density at radius 1 is 0.968 bits per heavy atom. The molecule has 1 aliphatic heterocycles. The summed E-state index contributed by atoms with van der Waals surface area (Å²) in [7, 11) is 1.60. The van der Waals surface area contributed by atoms with E-state index >= 15 is 0 Å². The molecule has 4 rings (SSSR count).